The predicted molar refractivity (Wildman–Crippen MR) is 133 cm³/mol. The van der Waals surface area contributed by atoms with Gasteiger partial charge in [0.05, 0.1) is 18.2 Å². The molecule has 1 aromatic carbocycles. The van der Waals surface area contributed by atoms with E-state index in [1.807, 2.05) is 11.8 Å². The van der Waals surface area contributed by atoms with Crippen LogP contribution >= 0.6 is 0 Å². The monoisotopic (exact) mass is 559 g/mol. The van der Waals surface area contributed by atoms with Crippen LogP contribution < -0.4 is 15.1 Å². The lowest BCUT2D eigenvalue weighted by atomic mass is 10.0. The molecule has 0 aliphatic carbocycles. The number of aromatic nitrogens is 2. The largest absolute Gasteiger partial charge is 0.465 e. The number of carbonyl (C=O) groups excluding carboxylic acids is 1. The first-order valence-corrected chi connectivity index (χ1v) is 12.9. The van der Waals surface area contributed by atoms with Crippen LogP contribution in [0.1, 0.15) is 66.1 Å². The van der Waals surface area contributed by atoms with E-state index >= 15 is 0 Å². The van der Waals surface area contributed by atoms with Gasteiger partial charge in [-0.2, -0.15) is 31.3 Å². The minimum absolute atomic E-state index is 0.0674. The summed E-state index contributed by atoms with van der Waals surface area (Å²) in [4.78, 5) is 25.7. The van der Waals surface area contributed by atoms with E-state index in [2.05, 4.69) is 15.2 Å². The standard InChI is InChI=1S/C26H31F6N5O2/c1-3-20-12-19(33-13-16-9-17(25(27,28)29)11-18(10-16)26(30,31)32)15-37(20)22-21(23(38)39-2)14-34-24(35-22)36-7-5-4-6-8-36/h9-11,14,19-20,33H,3-8,12-13,15H2,1-2H3/t19-,20+/m0/s1. The minimum Gasteiger partial charge on any atom is -0.465 e. The molecule has 2 fully saturated rings. The normalized spacial score (nSPS) is 20.4. The molecule has 2 saturated heterocycles. The second-order valence-electron chi connectivity index (χ2n) is 9.89. The van der Waals surface area contributed by atoms with Crippen molar-refractivity contribution in [2.24, 2.45) is 0 Å². The number of rotatable bonds is 7. The average Bonchev–Trinajstić information content (AvgIpc) is 3.34. The fraction of sp³-hybridized carbons (Fsp3) is 0.577. The second kappa shape index (κ2) is 11.6. The molecule has 2 aliphatic rings. The van der Waals surface area contributed by atoms with Gasteiger partial charge in [0.2, 0.25) is 5.95 Å². The predicted octanol–water partition coefficient (Wildman–Crippen LogP) is 5.44. The Morgan fingerprint density at radius 3 is 2.26 bits per heavy atom. The maximum atomic E-state index is 13.3. The lowest BCUT2D eigenvalue weighted by Gasteiger charge is -2.30. The number of hydrogen-bond donors (Lipinski definition) is 1. The molecule has 0 saturated carbocycles. The Morgan fingerprint density at radius 2 is 1.69 bits per heavy atom. The maximum Gasteiger partial charge on any atom is 0.416 e. The lowest BCUT2D eigenvalue weighted by Crippen LogP contribution is -2.36. The zero-order chi connectivity index (χ0) is 28.4. The van der Waals surface area contributed by atoms with E-state index in [1.165, 1.54) is 13.3 Å². The third kappa shape index (κ3) is 6.74. The Morgan fingerprint density at radius 1 is 1.05 bits per heavy atom. The highest BCUT2D eigenvalue weighted by Gasteiger charge is 2.38. The molecule has 2 aliphatic heterocycles. The third-order valence-corrected chi connectivity index (χ3v) is 7.20. The van der Waals surface area contributed by atoms with Crippen molar-refractivity contribution in [3.63, 3.8) is 0 Å². The van der Waals surface area contributed by atoms with Crippen molar-refractivity contribution in [2.45, 2.75) is 70.0 Å². The first-order chi connectivity index (χ1) is 18.4. The van der Waals surface area contributed by atoms with Crippen LogP contribution in [0.3, 0.4) is 0 Å². The molecule has 2 aromatic rings. The van der Waals surface area contributed by atoms with E-state index in [1.54, 1.807) is 0 Å². The van der Waals surface area contributed by atoms with Gasteiger partial charge in [-0.15, -0.1) is 0 Å². The molecule has 0 unspecified atom stereocenters. The number of anilines is 2. The van der Waals surface area contributed by atoms with E-state index in [-0.39, 0.29) is 35.8 Å². The van der Waals surface area contributed by atoms with E-state index in [4.69, 9.17) is 9.72 Å². The van der Waals surface area contributed by atoms with Gasteiger partial charge in [-0.25, -0.2) is 9.78 Å². The van der Waals surface area contributed by atoms with Crippen LogP contribution in [-0.4, -0.2) is 54.8 Å². The Labute approximate surface area is 222 Å². The summed E-state index contributed by atoms with van der Waals surface area (Å²) >= 11 is 0. The maximum absolute atomic E-state index is 13.3. The molecule has 7 nitrogen and oxygen atoms in total. The van der Waals surface area contributed by atoms with Crippen molar-refractivity contribution < 1.29 is 35.9 Å². The number of piperidine rings is 1. The summed E-state index contributed by atoms with van der Waals surface area (Å²) in [6.07, 6.45) is -3.97. The third-order valence-electron chi connectivity index (χ3n) is 7.20. The molecular formula is C26H31F6N5O2. The molecule has 13 heteroatoms. The molecule has 0 bridgehead atoms. The van der Waals surface area contributed by atoms with Crippen molar-refractivity contribution >= 4 is 17.7 Å². The fourth-order valence-electron chi connectivity index (χ4n) is 5.18. The summed E-state index contributed by atoms with van der Waals surface area (Å²) in [7, 11) is 1.26. The second-order valence-corrected chi connectivity index (χ2v) is 9.89. The quantitative estimate of drug-likeness (QED) is 0.358. The van der Waals surface area contributed by atoms with E-state index in [0.717, 1.165) is 44.5 Å². The topological polar surface area (TPSA) is 70.6 Å². The van der Waals surface area contributed by atoms with Crippen LogP contribution in [0.5, 0.6) is 0 Å². The number of hydrogen-bond acceptors (Lipinski definition) is 7. The molecule has 4 rings (SSSR count). The van der Waals surface area contributed by atoms with Gasteiger partial charge in [0.15, 0.2) is 0 Å². The Hall–Kier alpha value is -3.09. The van der Waals surface area contributed by atoms with Gasteiger partial charge in [-0.3, -0.25) is 0 Å². The number of esters is 1. The summed E-state index contributed by atoms with van der Waals surface area (Å²) in [6, 6.07) is 1.26. The molecule has 3 heterocycles. The Kier molecular flexibility index (Phi) is 8.57. The number of alkyl halides is 6. The Bertz CT molecular complexity index is 1130. The van der Waals surface area contributed by atoms with Gasteiger partial charge in [0, 0.05) is 44.5 Å². The van der Waals surface area contributed by atoms with Crippen LogP contribution in [0, 0.1) is 0 Å². The van der Waals surface area contributed by atoms with Crippen molar-refractivity contribution in [1.29, 1.82) is 0 Å². The molecule has 0 radical (unpaired) electrons. The molecule has 0 spiro atoms. The summed E-state index contributed by atoms with van der Waals surface area (Å²) in [6.45, 7) is 3.73. The van der Waals surface area contributed by atoms with Crippen molar-refractivity contribution in [1.82, 2.24) is 15.3 Å². The molecule has 1 aromatic heterocycles. The van der Waals surface area contributed by atoms with Crippen LogP contribution in [0.15, 0.2) is 24.4 Å². The van der Waals surface area contributed by atoms with Crippen LogP contribution in [-0.2, 0) is 23.6 Å². The summed E-state index contributed by atoms with van der Waals surface area (Å²) in [5, 5.41) is 3.11. The molecular weight excluding hydrogens is 528 g/mol. The minimum atomic E-state index is -4.91. The van der Waals surface area contributed by atoms with Gasteiger partial charge in [0.25, 0.3) is 0 Å². The highest BCUT2D eigenvalue weighted by molar-refractivity contribution is 5.94. The first kappa shape index (κ1) is 28.9. The zero-order valence-corrected chi connectivity index (χ0v) is 21.7. The molecule has 39 heavy (non-hydrogen) atoms. The van der Waals surface area contributed by atoms with E-state index in [9.17, 15) is 31.1 Å². The van der Waals surface area contributed by atoms with Crippen LogP contribution in [0.2, 0.25) is 0 Å². The molecule has 2 atom stereocenters. The number of nitrogens with one attached hydrogen (secondary N) is 1. The number of carbonyl (C=O) groups is 1. The van der Waals surface area contributed by atoms with Crippen molar-refractivity contribution in [3.8, 4) is 0 Å². The van der Waals surface area contributed by atoms with Crippen LogP contribution in [0.4, 0.5) is 38.1 Å². The van der Waals surface area contributed by atoms with Crippen molar-refractivity contribution in [2.75, 3.05) is 36.5 Å². The van der Waals surface area contributed by atoms with E-state index in [0.29, 0.717) is 31.2 Å². The SMILES string of the molecule is CC[C@@H]1C[C@H](NCc2cc(C(F)(F)F)cc(C(F)(F)F)c2)CN1c1nc(N2CCCCC2)ncc1C(=O)OC. The lowest BCUT2D eigenvalue weighted by molar-refractivity contribution is -0.143. The smallest absolute Gasteiger partial charge is 0.416 e. The highest BCUT2D eigenvalue weighted by Crippen LogP contribution is 2.37. The fourth-order valence-corrected chi connectivity index (χ4v) is 5.18. The van der Waals surface area contributed by atoms with Crippen molar-refractivity contribution in [3.05, 3.63) is 46.6 Å². The first-order valence-electron chi connectivity index (χ1n) is 12.9. The number of nitrogens with zero attached hydrogens (tertiary/aromatic N) is 4. The van der Waals surface area contributed by atoms with Gasteiger partial charge in [-0.05, 0) is 55.9 Å². The summed E-state index contributed by atoms with van der Waals surface area (Å²) < 4.78 is 84.5. The molecule has 1 N–H and O–H groups in total. The zero-order valence-electron chi connectivity index (χ0n) is 21.7. The average molecular weight is 560 g/mol. The number of methoxy groups -OCH3 is 1. The van der Waals surface area contributed by atoms with Gasteiger partial charge in [-0.1, -0.05) is 6.92 Å². The van der Waals surface area contributed by atoms with Gasteiger partial charge >= 0.3 is 18.3 Å². The number of ether oxygens (including phenoxy) is 1. The summed E-state index contributed by atoms with van der Waals surface area (Å²) in [5.41, 5.74) is -2.61. The highest BCUT2D eigenvalue weighted by atomic mass is 19.4. The van der Waals surface area contributed by atoms with E-state index < -0.39 is 29.4 Å². The van der Waals surface area contributed by atoms with Crippen LogP contribution in [0.25, 0.3) is 0 Å². The van der Waals surface area contributed by atoms with Gasteiger partial charge in [0.1, 0.15) is 11.4 Å². The molecule has 214 valence electrons. The molecule has 0 amide bonds. The Balaban J connectivity index is 1.57. The number of benzene rings is 1. The van der Waals surface area contributed by atoms with Gasteiger partial charge < -0.3 is 19.9 Å². The summed E-state index contributed by atoms with van der Waals surface area (Å²) in [5.74, 6) is 0.323. The number of halogens is 6.